The Hall–Kier alpha value is -0.0400. The first-order valence-corrected chi connectivity index (χ1v) is 4.42. The van der Waals surface area contributed by atoms with Crippen LogP contribution in [0, 0.1) is 23.7 Å². The smallest absolute Gasteiger partial charge is 0.0462 e. The fourth-order valence-electron chi connectivity index (χ4n) is 3.08. The van der Waals surface area contributed by atoms with Gasteiger partial charge in [-0.3, -0.25) is 0 Å². The van der Waals surface area contributed by atoms with Gasteiger partial charge in [0.05, 0.1) is 0 Å². The highest BCUT2D eigenvalue weighted by atomic mass is 16.3. The van der Waals surface area contributed by atoms with Crippen molar-refractivity contribution >= 4 is 0 Å². The van der Waals surface area contributed by atoms with Gasteiger partial charge in [-0.2, -0.15) is 0 Å². The molecule has 0 radical (unpaired) electrons. The summed E-state index contributed by atoms with van der Waals surface area (Å²) in [5.74, 6) is 3.40. The van der Waals surface area contributed by atoms with Crippen molar-refractivity contribution in [3.05, 3.63) is 0 Å². The van der Waals surface area contributed by atoms with Crippen molar-refractivity contribution in [1.82, 2.24) is 0 Å². The molecule has 58 valence electrons. The third-order valence-corrected chi connectivity index (χ3v) is 3.52. The molecular weight excluding hydrogens is 124 g/mol. The molecule has 2 bridgehead atoms. The van der Waals surface area contributed by atoms with Crippen molar-refractivity contribution in [1.29, 1.82) is 0 Å². The molecule has 2 saturated carbocycles. The molecule has 0 amide bonds. The molecule has 0 aromatic heterocycles. The quantitative estimate of drug-likeness (QED) is 0.587. The maximum atomic E-state index is 9.01. The number of aliphatic hydroxyl groups excluding tert-OH is 1. The van der Waals surface area contributed by atoms with Crippen LogP contribution >= 0.6 is 0 Å². The van der Waals surface area contributed by atoms with Gasteiger partial charge in [0.15, 0.2) is 0 Å². The molecule has 0 aromatic rings. The number of rotatable bonds is 1. The van der Waals surface area contributed by atoms with E-state index in [2.05, 4.69) is 6.92 Å². The van der Waals surface area contributed by atoms with Gasteiger partial charge in [0.2, 0.25) is 0 Å². The fraction of sp³-hybridized carbons (Fsp3) is 1.00. The van der Waals surface area contributed by atoms with E-state index in [9.17, 15) is 0 Å². The number of fused-ring (bicyclic) bond motifs is 2. The molecule has 4 atom stereocenters. The van der Waals surface area contributed by atoms with E-state index in [1.807, 2.05) is 0 Å². The SMILES string of the molecule is C[C@H]1C[C@H]2C[C@H](CO)[C@@H]1C2. The summed E-state index contributed by atoms with van der Waals surface area (Å²) in [6, 6.07) is 0. The van der Waals surface area contributed by atoms with Gasteiger partial charge >= 0.3 is 0 Å². The lowest BCUT2D eigenvalue weighted by Crippen LogP contribution is -2.20. The summed E-state index contributed by atoms with van der Waals surface area (Å²) >= 11 is 0. The molecule has 1 nitrogen and oxygen atoms in total. The number of hydrogen-bond donors (Lipinski definition) is 1. The van der Waals surface area contributed by atoms with Crippen LogP contribution in [0.25, 0.3) is 0 Å². The van der Waals surface area contributed by atoms with Crippen LogP contribution in [0.2, 0.25) is 0 Å². The predicted octanol–water partition coefficient (Wildman–Crippen LogP) is 1.66. The third kappa shape index (κ3) is 0.800. The Balaban J connectivity index is 2.06. The summed E-state index contributed by atoms with van der Waals surface area (Å²) in [4.78, 5) is 0. The Morgan fingerprint density at radius 2 is 2.10 bits per heavy atom. The molecule has 0 unspecified atom stereocenters. The largest absolute Gasteiger partial charge is 0.396 e. The van der Waals surface area contributed by atoms with Crippen molar-refractivity contribution in [3.63, 3.8) is 0 Å². The first-order chi connectivity index (χ1) is 4.81. The Morgan fingerprint density at radius 1 is 1.30 bits per heavy atom. The molecule has 0 spiro atoms. The Labute approximate surface area is 62.4 Å². The summed E-state index contributed by atoms with van der Waals surface area (Å²) in [6.07, 6.45) is 4.15. The maximum absolute atomic E-state index is 9.01. The van der Waals surface area contributed by atoms with E-state index in [1.165, 1.54) is 19.3 Å². The van der Waals surface area contributed by atoms with Gasteiger partial charge in [-0.05, 0) is 42.9 Å². The highest BCUT2D eigenvalue weighted by molar-refractivity contribution is 4.93. The van der Waals surface area contributed by atoms with E-state index >= 15 is 0 Å². The average Bonchev–Trinajstić information content (AvgIpc) is 2.44. The molecule has 0 heterocycles. The third-order valence-electron chi connectivity index (χ3n) is 3.52. The van der Waals surface area contributed by atoms with Gasteiger partial charge < -0.3 is 5.11 Å². The molecule has 2 aliphatic carbocycles. The molecule has 10 heavy (non-hydrogen) atoms. The average molecular weight is 140 g/mol. The van der Waals surface area contributed by atoms with Crippen LogP contribution in [0.3, 0.4) is 0 Å². The van der Waals surface area contributed by atoms with E-state index < -0.39 is 0 Å². The minimum absolute atomic E-state index is 0.436. The molecule has 2 fully saturated rings. The lowest BCUT2D eigenvalue weighted by atomic mass is 9.82. The highest BCUT2D eigenvalue weighted by Crippen LogP contribution is 2.51. The fourth-order valence-corrected chi connectivity index (χ4v) is 3.08. The second kappa shape index (κ2) is 2.23. The van der Waals surface area contributed by atoms with Crippen LogP contribution in [0.1, 0.15) is 26.2 Å². The van der Waals surface area contributed by atoms with Crippen LogP contribution in [0.15, 0.2) is 0 Å². The summed E-state index contributed by atoms with van der Waals surface area (Å²) in [5.41, 5.74) is 0. The van der Waals surface area contributed by atoms with E-state index in [-0.39, 0.29) is 0 Å². The zero-order valence-corrected chi connectivity index (χ0v) is 6.59. The Morgan fingerprint density at radius 3 is 2.50 bits per heavy atom. The van der Waals surface area contributed by atoms with Crippen molar-refractivity contribution in [2.24, 2.45) is 23.7 Å². The van der Waals surface area contributed by atoms with Gasteiger partial charge in [-0.15, -0.1) is 0 Å². The van der Waals surface area contributed by atoms with Crippen LogP contribution in [-0.2, 0) is 0 Å². The first-order valence-electron chi connectivity index (χ1n) is 4.42. The van der Waals surface area contributed by atoms with E-state index in [0.29, 0.717) is 12.5 Å². The van der Waals surface area contributed by atoms with Gasteiger partial charge in [0.25, 0.3) is 0 Å². The number of aliphatic hydroxyl groups is 1. The van der Waals surface area contributed by atoms with Crippen molar-refractivity contribution < 1.29 is 5.11 Å². The second-order valence-electron chi connectivity index (χ2n) is 4.16. The van der Waals surface area contributed by atoms with E-state index in [0.717, 1.165) is 17.8 Å². The topological polar surface area (TPSA) is 20.2 Å². The maximum Gasteiger partial charge on any atom is 0.0462 e. The molecule has 0 aliphatic heterocycles. The molecule has 2 aliphatic rings. The lowest BCUT2D eigenvalue weighted by Gasteiger charge is -2.24. The zero-order valence-electron chi connectivity index (χ0n) is 6.59. The van der Waals surface area contributed by atoms with Crippen LogP contribution in [-0.4, -0.2) is 11.7 Å². The van der Waals surface area contributed by atoms with Gasteiger partial charge in [0, 0.05) is 6.61 Å². The Bertz CT molecular complexity index is 131. The minimum atomic E-state index is 0.436. The van der Waals surface area contributed by atoms with Gasteiger partial charge in [0.1, 0.15) is 0 Å². The summed E-state index contributed by atoms with van der Waals surface area (Å²) in [5, 5.41) is 9.01. The van der Waals surface area contributed by atoms with E-state index in [4.69, 9.17) is 5.11 Å². The molecule has 0 aromatic carbocycles. The summed E-state index contributed by atoms with van der Waals surface area (Å²) in [7, 11) is 0. The van der Waals surface area contributed by atoms with Crippen molar-refractivity contribution in [2.75, 3.05) is 6.61 Å². The first kappa shape index (κ1) is 6.66. The second-order valence-corrected chi connectivity index (χ2v) is 4.16. The molecular formula is C9H16O. The van der Waals surface area contributed by atoms with Gasteiger partial charge in [-0.25, -0.2) is 0 Å². The predicted molar refractivity (Wildman–Crippen MR) is 40.6 cm³/mol. The summed E-state index contributed by atoms with van der Waals surface area (Å²) in [6.45, 7) is 2.78. The van der Waals surface area contributed by atoms with Crippen LogP contribution in [0.4, 0.5) is 0 Å². The van der Waals surface area contributed by atoms with Crippen molar-refractivity contribution in [3.8, 4) is 0 Å². The molecule has 2 rings (SSSR count). The zero-order chi connectivity index (χ0) is 7.14. The van der Waals surface area contributed by atoms with Crippen LogP contribution < -0.4 is 0 Å². The normalized spacial score (nSPS) is 52.2. The number of hydrogen-bond acceptors (Lipinski definition) is 1. The van der Waals surface area contributed by atoms with Gasteiger partial charge in [-0.1, -0.05) is 6.92 Å². The van der Waals surface area contributed by atoms with Crippen molar-refractivity contribution in [2.45, 2.75) is 26.2 Å². The summed E-state index contributed by atoms with van der Waals surface area (Å²) < 4.78 is 0. The molecule has 1 N–H and O–H groups in total. The minimum Gasteiger partial charge on any atom is -0.396 e. The lowest BCUT2D eigenvalue weighted by molar-refractivity contribution is 0.149. The highest BCUT2D eigenvalue weighted by Gasteiger charge is 2.43. The van der Waals surface area contributed by atoms with Crippen LogP contribution in [0.5, 0.6) is 0 Å². The standard InChI is InChI=1S/C9H16O/c1-6-2-7-3-8(5-10)9(6)4-7/h6-10H,2-5H2,1H3/t6-,7-,8+,9+/m0/s1. The monoisotopic (exact) mass is 140 g/mol. The Kier molecular flexibility index (Phi) is 1.48. The molecule has 0 saturated heterocycles. The van der Waals surface area contributed by atoms with E-state index in [1.54, 1.807) is 0 Å². The molecule has 1 heteroatoms.